The Balaban J connectivity index is 1.84. The number of benzene rings is 2. The maximum Gasteiger partial charge on any atom is 0.342 e. The van der Waals surface area contributed by atoms with Gasteiger partial charge in [-0.3, -0.25) is 4.79 Å². The Morgan fingerprint density at radius 1 is 1.13 bits per heavy atom. The van der Waals surface area contributed by atoms with Crippen molar-refractivity contribution < 1.29 is 24.2 Å². The van der Waals surface area contributed by atoms with Gasteiger partial charge in [0.25, 0.3) is 0 Å². The van der Waals surface area contributed by atoms with E-state index in [1.165, 1.54) is 6.07 Å². The van der Waals surface area contributed by atoms with Gasteiger partial charge in [-0.05, 0) is 61.9 Å². The van der Waals surface area contributed by atoms with Crippen LogP contribution in [0.2, 0.25) is 5.02 Å². The molecule has 1 aliphatic rings. The number of esters is 1. The molecule has 5 nitrogen and oxygen atoms in total. The van der Waals surface area contributed by atoms with Crippen LogP contribution in [-0.4, -0.2) is 23.0 Å². The largest absolute Gasteiger partial charge is 0.507 e. The SMILES string of the molecule is CC1CCCC(=O)CCCC=Cc2cc(OCc3ccc(Cl)cc3)cc(O)c2C(=O)O1. The molecule has 0 saturated heterocycles. The van der Waals surface area contributed by atoms with Crippen LogP contribution in [0.1, 0.15) is 66.9 Å². The third-order valence-corrected chi connectivity index (χ3v) is 5.39. The number of phenolic OH excluding ortho intramolecular Hbond substituents is 1. The summed E-state index contributed by atoms with van der Waals surface area (Å²) < 4.78 is 11.3. The van der Waals surface area contributed by atoms with Gasteiger partial charge in [0.1, 0.15) is 29.5 Å². The van der Waals surface area contributed by atoms with Crippen molar-refractivity contribution in [1.29, 1.82) is 0 Å². The Bertz CT molecular complexity index is 949. The quantitative estimate of drug-likeness (QED) is 0.581. The second kappa shape index (κ2) is 11.0. The van der Waals surface area contributed by atoms with Crippen molar-refractivity contribution in [3.05, 3.63) is 64.2 Å². The number of fused-ring (bicyclic) bond motifs is 1. The molecule has 31 heavy (non-hydrogen) atoms. The summed E-state index contributed by atoms with van der Waals surface area (Å²) in [6, 6.07) is 10.4. The monoisotopic (exact) mass is 442 g/mol. The van der Waals surface area contributed by atoms with Gasteiger partial charge in [-0.25, -0.2) is 4.79 Å². The molecule has 1 unspecified atom stereocenters. The van der Waals surface area contributed by atoms with Crippen LogP contribution in [0.25, 0.3) is 6.08 Å². The lowest BCUT2D eigenvalue weighted by molar-refractivity contribution is -0.119. The number of rotatable bonds is 3. The Morgan fingerprint density at radius 3 is 2.65 bits per heavy atom. The molecule has 2 aromatic carbocycles. The molecule has 1 atom stereocenters. The fourth-order valence-corrected chi connectivity index (χ4v) is 3.57. The Labute approximate surface area is 187 Å². The molecule has 0 aromatic heterocycles. The molecule has 0 aliphatic carbocycles. The van der Waals surface area contributed by atoms with Gasteiger partial charge in [-0.2, -0.15) is 0 Å². The first-order valence-electron chi connectivity index (χ1n) is 10.6. The highest BCUT2D eigenvalue weighted by Gasteiger charge is 2.21. The standard InChI is InChI=1S/C25H27ClO5/c1-17-6-5-9-21(27)8-4-2-3-7-19-14-22(15-23(28)24(19)25(29)31-17)30-16-18-10-12-20(26)13-11-18/h3,7,10-15,17,28H,2,4-6,8-9,16H2,1H3. The second-order valence-corrected chi connectivity index (χ2v) is 8.20. The highest BCUT2D eigenvalue weighted by molar-refractivity contribution is 6.30. The summed E-state index contributed by atoms with van der Waals surface area (Å²) in [6.07, 6.45) is 7.11. The molecule has 0 radical (unpaired) electrons. The van der Waals surface area contributed by atoms with E-state index >= 15 is 0 Å². The molecule has 0 spiro atoms. The van der Waals surface area contributed by atoms with Crippen molar-refractivity contribution in [2.24, 2.45) is 0 Å². The van der Waals surface area contributed by atoms with Crippen LogP contribution < -0.4 is 4.74 Å². The molecular weight excluding hydrogens is 416 g/mol. The molecule has 1 aliphatic heterocycles. The summed E-state index contributed by atoms with van der Waals surface area (Å²) >= 11 is 5.91. The number of carbonyl (C=O) groups is 2. The molecule has 0 amide bonds. The number of Topliss-reactive ketones (excluding diaryl/α,β-unsaturated/α-hetero) is 1. The number of aromatic hydroxyl groups is 1. The highest BCUT2D eigenvalue weighted by atomic mass is 35.5. The normalized spacial score (nSPS) is 18.1. The van der Waals surface area contributed by atoms with E-state index in [1.807, 2.05) is 18.2 Å². The third-order valence-electron chi connectivity index (χ3n) is 5.14. The average molecular weight is 443 g/mol. The summed E-state index contributed by atoms with van der Waals surface area (Å²) in [7, 11) is 0. The van der Waals surface area contributed by atoms with Crippen molar-refractivity contribution >= 4 is 29.4 Å². The predicted octanol–water partition coefficient (Wildman–Crippen LogP) is 6.11. The minimum absolute atomic E-state index is 0.120. The van der Waals surface area contributed by atoms with Crippen LogP contribution in [0.5, 0.6) is 11.5 Å². The number of halogens is 1. The van der Waals surface area contributed by atoms with E-state index in [9.17, 15) is 14.7 Å². The van der Waals surface area contributed by atoms with Crippen LogP contribution in [0.15, 0.2) is 42.5 Å². The van der Waals surface area contributed by atoms with Crippen LogP contribution >= 0.6 is 11.6 Å². The Morgan fingerprint density at radius 2 is 1.87 bits per heavy atom. The van der Waals surface area contributed by atoms with Crippen LogP contribution in [0.4, 0.5) is 0 Å². The predicted molar refractivity (Wildman–Crippen MR) is 121 cm³/mol. The van der Waals surface area contributed by atoms with Crippen LogP contribution in [0.3, 0.4) is 0 Å². The maximum absolute atomic E-state index is 12.8. The minimum Gasteiger partial charge on any atom is -0.507 e. The van der Waals surface area contributed by atoms with Crippen molar-refractivity contribution in [2.75, 3.05) is 0 Å². The van der Waals surface area contributed by atoms with Gasteiger partial charge in [0, 0.05) is 23.9 Å². The van der Waals surface area contributed by atoms with E-state index in [4.69, 9.17) is 21.1 Å². The topological polar surface area (TPSA) is 72.8 Å². The Hall–Kier alpha value is -2.79. The lowest BCUT2D eigenvalue weighted by Crippen LogP contribution is -2.17. The molecule has 6 heteroatoms. The number of ketones is 1. The van der Waals surface area contributed by atoms with Gasteiger partial charge in [0.15, 0.2) is 0 Å². The lowest BCUT2D eigenvalue weighted by Gasteiger charge is -2.16. The molecule has 3 rings (SSSR count). The zero-order valence-electron chi connectivity index (χ0n) is 17.6. The number of allylic oxidation sites excluding steroid dienone is 1. The smallest absolute Gasteiger partial charge is 0.342 e. The molecule has 164 valence electrons. The van der Waals surface area contributed by atoms with Crippen molar-refractivity contribution in [1.82, 2.24) is 0 Å². The summed E-state index contributed by atoms with van der Waals surface area (Å²) in [5, 5.41) is 11.2. The first-order chi connectivity index (χ1) is 14.9. The number of hydrogen-bond donors (Lipinski definition) is 1. The minimum atomic E-state index is -0.586. The van der Waals surface area contributed by atoms with E-state index in [0.717, 1.165) is 12.0 Å². The van der Waals surface area contributed by atoms with Gasteiger partial charge < -0.3 is 14.6 Å². The van der Waals surface area contributed by atoms with E-state index in [1.54, 1.807) is 31.2 Å². The molecule has 1 N–H and O–H groups in total. The number of cyclic esters (lactones) is 1. The van der Waals surface area contributed by atoms with Gasteiger partial charge in [0.2, 0.25) is 0 Å². The Kier molecular flexibility index (Phi) is 8.13. The third kappa shape index (κ3) is 6.86. The van der Waals surface area contributed by atoms with Crippen LogP contribution in [0, 0.1) is 0 Å². The molecule has 0 saturated carbocycles. The second-order valence-electron chi connectivity index (χ2n) is 7.76. The molecule has 2 aromatic rings. The zero-order chi connectivity index (χ0) is 22.2. The summed E-state index contributed by atoms with van der Waals surface area (Å²) in [5.74, 6) is -0.0991. The number of carbonyl (C=O) groups excluding carboxylic acids is 2. The summed E-state index contributed by atoms with van der Waals surface area (Å²) in [5.41, 5.74) is 1.57. The van der Waals surface area contributed by atoms with Crippen molar-refractivity contribution in [2.45, 2.75) is 58.2 Å². The van der Waals surface area contributed by atoms with Gasteiger partial charge >= 0.3 is 5.97 Å². The number of hydrogen-bond acceptors (Lipinski definition) is 5. The summed E-state index contributed by atoms with van der Waals surface area (Å²) in [4.78, 5) is 24.7. The fourth-order valence-electron chi connectivity index (χ4n) is 3.45. The van der Waals surface area contributed by atoms with Gasteiger partial charge in [0.05, 0.1) is 6.10 Å². The first kappa shape index (κ1) is 22.9. The van der Waals surface area contributed by atoms with Crippen molar-refractivity contribution in [3.8, 4) is 11.5 Å². The lowest BCUT2D eigenvalue weighted by atomic mass is 10.0. The van der Waals surface area contributed by atoms with Gasteiger partial charge in [-0.1, -0.05) is 35.9 Å². The molecule has 0 fully saturated rings. The average Bonchev–Trinajstić information content (AvgIpc) is 2.72. The fraction of sp³-hybridized carbons (Fsp3) is 0.360. The van der Waals surface area contributed by atoms with E-state index in [-0.39, 0.29) is 23.2 Å². The van der Waals surface area contributed by atoms with Crippen LogP contribution in [-0.2, 0) is 16.1 Å². The maximum atomic E-state index is 12.8. The first-order valence-corrected chi connectivity index (χ1v) is 10.9. The van der Waals surface area contributed by atoms with Gasteiger partial charge in [-0.15, -0.1) is 0 Å². The van der Waals surface area contributed by atoms with E-state index in [0.29, 0.717) is 55.0 Å². The highest BCUT2D eigenvalue weighted by Crippen LogP contribution is 2.31. The number of phenols is 1. The molecular formula is C25H27ClO5. The molecule has 0 bridgehead atoms. The van der Waals surface area contributed by atoms with Crippen molar-refractivity contribution in [3.63, 3.8) is 0 Å². The van der Waals surface area contributed by atoms with E-state index in [2.05, 4.69) is 0 Å². The number of ether oxygens (including phenoxy) is 2. The molecule has 1 heterocycles. The zero-order valence-corrected chi connectivity index (χ0v) is 18.4. The van der Waals surface area contributed by atoms with E-state index < -0.39 is 5.97 Å². The summed E-state index contributed by atoms with van der Waals surface area (Å²) in [6.45, 7) is 2.09.